The summed E-state index contributed by atoms with van der Waals surface area (Å²) in [6.45, 7) is 2.82. The van der Waals surface area contributed by atoms with Crippen LogP contribution in [0.5, 0.6) is 0 Å². The highest BCUT2D eigenvalue weighted by atomic mass is 32.1. The number of thiophene rings is 1. The second-order valence-electron chi connectivity index (χ2n) is 6.03. The number of nitrogens with two attached hydrogens (primary N) is 1. The number of hydrogen-bond donors (Lipinski definition) is 1. The van der Waals surface area contributed by atoms with Crippen LogP contribution in [0.15, 0.2) is 29.6 Å². The maximum absolute atomic E-state index is 6.66. The van der Waals surface area contributed by atoms with Crippen LogP contribution >= 0.6 is 11.3 Å². The number of rotatable bonds is 5. The van der Waals surface area contributed by atoms with Gasteiger partial charge in [-0.05, 0) is 48.1 Å². The highest BCUT2D eigenvalue weighted by Gasteiger charge is 2.30. The lowest BCUT2D eigenvalue weighted by Crippen LogP contribution is -2.36. The molecule has 21 heavy (non-hydrogen) atoms. The van der Waals surface area contributed by atoms with Crippen molar-refractivity contribution in [2.45, 2.75) is 51.2 Å². The fourth-order valence-corrected chi connectivity index (χ4v) is 4.61. The maximum atomic E-state index is 6.66. The molecule has 2 N–H and O–H groups in total. The van der Waals surface area contributed by atoms with Crippen LogP contribution in [0.1, 0.15) is 50.6 Å². The molecule has 2 atom stereocenters. The van der Waals surface area contributed by atoms with Crippen LogP contribution in [-0.4, -0.2) is 12.7 Å². The summed E-state index contributed by atoms with van der Waals surface area (Å²) in [6.07, 6.45) is 6.69. The molecule has 1 fully saturated rings. The molecule has 1 heterocycles. The van der Waals surface area contributed by atoms with Crippen LogP contribution < -0.4 is 5.73 Å². The summed E-state index contributed by atoms with van der Waals surface area (Å²) < 4.78 is 7.43. The van der Waals surface area contributed by atoms with E-state index in [0.29, 0.717) is 5.92 Å². The molecule has 2 unspecified atom stereocenters. The predicted molar refractivity (Wildman–Crippen MR) is 90.7 cm³/mol. The van der Waals surface area contributed by atoms with E-state index in [2.05, 4.69) is 36.6 Å². The molecule has 1 aliphatic rings. The lowest BCUT2D eigenvalue weighted by Gasteiger charge is -2.34. The molecule has 2 nitrogen and oxygen atoms in total. The summed E-state index contributed by atoms with van der Waals surface area (Å²) in [6, 6.07) is 8.62. The molecule has 2 aromatic rings. The van der Waals surface area contributed by atoms with Crippen molar-refractivity contribution in [3.8, 4) is 0 Å². The van der Waals surface area contributed by atoms with E-state index in [0.717, 1.165) is 6.61 Å². The Morgan fingerprint density at radius 2 is 2.05 bits per heavy atom. The van der Waals surface area contributed by atoms with Crippen LogP contribution in [0.4, 0.5) is 0 Å². The highest BCUT2D eigenvalue weighted by Crippen LogP contribution is 2.36. The molecule has 0 bridgehead atoms. The molecule has 0 aliphatic heterocycles. The van der Waals surface area contributed by atoms with Gasteiger partial charge in [-0.15, -0.1) is 11.3 Å². The van der Waals surface area contributed by atoms with Crippen molar-refractivity contribution >= 4 is 21.4 Å². The highest BCUT2D eigenvalue weighted by molar-refractivity contribution is 7.17. The van der Waals surface area contributed by atoms with Gasteiger partial charge in [0.15, 0.2) is 0 Å². The summed E-state index contributed by atoms with van der Waals surface area (Å²) in [5, 5.41) is 3.45. The largest absolute Gasteiger partial charge is 0.376 e. The second-order valence-corrected chi connectivity index (χ2v) is 6.95. The van der Waals surface area contributed by atoms with Gasteiger partial charge in [0.25, 0.3) is 0 Å². The van der Waals surface area contributed by atoms with E-state index in [1.807, 2.05) is 0 Å². The zero-order valence-electron chi connectivity index (χ0n) is 12.8. The zero-order chi connectivity index (χ0) is 14.7. The third-order valence-electron chi connectivity index (χ3n) is 4.70. The number of fused-ring (bicyclic) bond motifs is 1. The van der Waals surface area contributed by atoms with Gasteiger partial charge in [0.2, 0.25) is 0 Å². The normalized spacial score (nSPS) is 19.7. The second kappa shape index (κ2) is 6.91. The Balaban J connectivity index is 1.89. The lowest BCUT2D eigenvalue weighted by atomic mass is 9.81. The number of hydrogen-bond acceptors (Lipinski definition) is 3. The molecule has 1 aromatic heterocycles. The zero-order valence-corrected chi connectivity index (χ0v) is 13.6. The third kappa shape index (κ3) is 3.15. The molecule has 3 rings (SSSR count). The third-order valence-corrected chi connectivity index (χ3v) is 5.68. The van der Waals surface area contributed by atoms with Gasteiger partial charge in [-0.25, -0.2) is 0 Å². The minimum absolute atomic E-state index is 0.0181. The Hall–Kier alpha value is -0.900. The van der Waals surface area contributed by atoms with Crippen LogP contribution in [0.3, 0.4) is 0 Å². The van der Waals surface area contributed by atoms with Crippen molar-refractivity contribution in [1.29, 1.82) is 0 Å². The van der Waals surface area contributed by atoms with Crippen molar-refractivity contribution in [2.75, 3.05) is 6.61 Å². The van der Waals surface area contributed by atoms with E-state index in [-0.39, 0.29) is 12.1 Å². The fourth-order valence-electron chi connectivity index (χ4n) is 3.64. The summed E-state index contributed by atoms with van der Waals surface area (Å²) >= 11 is 1.79. The summed E-state index contributed by atoms with van der Waals surface area (Å²) in [4.78, 5) is 0. The molecule has 3 heteroatoms. The van der Waals surface area contributed by atoms with Crippen molar-refractivity contribution in [3.05, 3.63) is 35.2 Å². The topological polar surface area (TPSA) is 35.2 Å². The van der Waals surface area contributed by atoms with Crippen LogP contribution in [0.25, 0.3) is 10.1 Å². The van der Waals surface area contributed by atoms with Crippen LogP contribution in [0, 0.1) is 5.92 Å². The lowest BCUT2D eigenvalue weighted by molar-refractivity contribution is -0.00955. The average Bonchev–Trinajstić information content (AvgIpc) is 3.01. The minimum atomic E-state index is -0.0181. The minimum Gasteiger partial charge on any atom is -0.376 e. The molecule has 1 saturated carbocycles. The first kappa shape index (κ1) is 15.0. The van der Waals surface area contributed by atoms with Gasteiger partial charge in [0.05, 0.1) is 12.1 Å². The van der Waals surface area contributed by atoms with E-state index < -0.39 is 0 Å². The first-order valence-electron chi connectivity index (χ1n) is 8.14. The van der Waals surface area contributed by atoms with Gasteiger partial charge < -0.3 is 10.5 Å². The molecule has 114 valence electrons. The molecule has 1 aliphatic carbocycles. The first-order chi connectivity index (χ1) is 10.3. The number of benzene rings is 1. The van der Waals surface area contributed by atoms with Gasteiger partial charge in [0.1, 0.15) is 0 Å². The monoisotopic (exact) mass is 303 g/mol. The Labute approximate surface area is 131 Å². The van der Waals surface area contributed by atoms with Crippen molar-refractivity contribution in [2.24, 2.45) is 11.7 Å². The fraction of sp³-hybridized carbons (Fsp3) is 0.556. The number of ether oxygens (including phenoxy) is 1. The SMILES string of the molecule is CCOC(C1CCCCC1)C(N)c1cccc2ccsc12. The molecule has 0 spiro atoms. The average molecular weight is 303 g/mol. The van der Waals surface area contributed by atoms with E-state index in [4.69, 9.17) is 10.5 Å². The van der Waals surface area contributed by atoms with Gasteiger partial charge in [-0.3, -0.25) is 0 Å². The van der Waals surface area contributed by atoms with E-state index >= 15 is 0 Å². The van der Waals surface area contributed by atoms with E-state index in [1.165, 1.54) is 47.8 Å². The van der Waals surface area contributed by atoms with Gasteiger partial charge in [0, 0.05) is 11.3 Å². The van der Waals surface area contributed by atoms with E-state index in [9.17, 15) is 0 Å². The van der Waals surface area contributed by atoms with Crippen LogP contribution in [0.2, 0.25) is 0 Å². The molecule has 1 aromatic carbocycles. The molecular weight excluding hydrogens is 278 g/mol. The van der Waals surface area contributed by atoms with Crippen molar-refractivity contribution in [1.82, 2.24) is 0 Å². The Kier molecular flexibility index (Phi) is 4.94. The quantitative estimate of drug-likeness (QED) is 0.854. The molecule has 0 saturated heterocycles. The van der Waals surface area contributed by atoms with Crippen molar-refractivity contribution in [3.63, 3.8) is 0 Å². The van der Waals surface area contributed by atoms with Gasteiger partial charge >= 0.3 is 0 Å². The summed E-state index contributed by atoms with van der Waals surface area (Å²) in [7, 11) is 0. The molecule has 0 radical (unpaired) electrons. The standard InChI is InChI=1S/C18H25NOS/c1-2-20-17(13-7-4-3-5-8-13)16(19)15-10-6-9-14-11-12-21-18(14)15/h6,9-13,16-17H,2-5,7-8,19H2,1H3. The summed E-state index contributed by atoms with van der Waals surface area (Å²) in [5.41, 5.74) is 7.92. The smallest absolute Gasteiger partial charge is 0.0796 e. The van der Waals surface area contributed by atoms with Gasteiger partial charge in [-0.2, -0.15) is 0 Å². The van der Waals surface area contributed by atoms with E-state index in [1.54, 1.807) is 11.3 Å². The Morgan fingerprint density at radius 1 is 1.24 bits per heavy atom. The molecular formula is C18H25NOS. The summed E-state index contributed by atoms with van der Waals surface area (Å²) in [5.74, 6) is 0.615. The van der Waals surface area contributed by atoms with Crippen molar-refractivity contribution < 1.29 is 4.74 Å². The van der Waals surface area contributed by atoms with Gasteiger partial charge in [-0.1, -0.05) is 37.5 Å². The predicted octanol–water partition coefficient (Wildman–Crippen LogP) is 4.89. The Morgan fingerprint density at radius 3 is 2.81 bits per heavy atom. The Bertz CT molecular complexity index is 573. The molecule has 0 amide bonds. The first-order valence-corrected chi connectivity index (χ1v) is 9.02. The van der Waals surface area contributed by atoms with Crippen LogP contribution in [-0.2, 0) is 4.74 Å². The maximum Gasteiger partial charge on any atom is 0.0796 e.